The Morgan fingerprint density at radius 3 is 1.74 bits per heavy atom. The number of para-hydroxylation sites is 1. The van der Waals surface area contributed by atoms with Gasteiger partial charge in [-0.15, -0.1) is 0 Å². The molecule has 0 bridgehead atoms. The largest absolute Gasteiger partial charge is 0.466 e. The molecule has 0 aliphatic rings. The van der Waals surface area contributed by atoms with Gasteiger partial charge in [0, 0.05) is 17.1 Å². The molecule has 5 heteroatoms. The number of benzene rings is 1. The van der Waals surface area contributed by atoms with Gasteiger partial charge in [0.25, 0.3) is 0 Å². The highest BCUT2D eigenvalue weighted by atomic mass is 16.5. The molecule has 0 saturated heterocycles. The lowest BCUT2D eigenvalue weighted by atomic mass is 10.2. The van der Waals surface area contributed by atoms with Crippen molar-refractivity contribution in [1.29, 1.82) is 0 Å². The van der Waals surface area contributed by atoms with Crippen LogP contribution in [0.2, 0.25) is 0 Å². The molecule has 0 fully saturated rings. The van der Waals surface area contributed by atoms with E-state index in [1.165, 1.54) is 0 Å². The van der Waals surface area contributed by atoms with Gasteiger partial charge in [-0.05, 0) is 38.1 Å². The molecule has 1 aromatic carbocycles. The van der Waals surface area contributed by atoms with E-state index in [-0.39, 0.29) is 24.8 Å². The molecule has 2 rings (SSSR count). The molecular weight excluding hydrogens is 294 g/mol. The van der Waals surface area contributed by atoms with Crippen molar-refractivity contribution in [3.63, 3.8) is 0 Å². The highest BCUT2D eigenvalue weighted by molar-refractivity contribution is 5.74. The van der Waals surface area contributed by atoms with Crippen molar-refractivity contribution in [2.24, 2.45) is 0 Å². The van der Waals surface area contributed by atoms with Crippen LogP contribution < -0.4 is 0 Å². The van der Waals surface area contributed by atoms with Crippen molar-refractivity contribution in [1.82, 2.24) is 4.57 Å². The van der Waals surface area contributed by atoms with Crippen LogP contribution in [-0.4, -0.2) is 29.7 Å². The van der Waals surface area contributed by atoms with E-state index in [0.717, 1.165) is 17.1 Å². The van der Waals surface area contributed by atoms with E-state index in [0.29, 0.717) is 13.2 Å². The van der Waals surface area contributed by atoms with E-state index < -0.39 is 0 Å². The quantitative estimate of drug-likeness (QED) is 0.737. The zero-order valence-electron chi connectivity index (χ0n) is 13.5. The first kappa shape index (κ1) is 16.8. The van der Waals surface area contributed by atoms with Crippen molar-refractivity contribution in [2.45, 2.75) is 26.7 Å². The summed E-state index contributed by atoms with van der Waals surface area (Å²) in [5.41, 5.74) is 2.47. The van der Waals surface area contributed by atoms with E-state index in [1.54, 1.807) is 13.8 Å². The Morgan fingerprint density at radius 1 is 0.826 bits per heavy atom. The minimum atomic E-state index is -0.287. The van der Waals surface area contributed by atoms with E-state index in [1.807, 2.05) is 47.0 Å². The number of nitrogens with zero attached hydrogens (tertiary/aromatic N) is 1. The summed E-state index contributed by atoms with van der Waals surface area (Å²) in [6.45, 7) is 4.25. The molecule has 0 atom stereocenters. The summed E-state index contributed by atoms with van der Waals surface area (Å²) < 4.78 is 12.0. The Morgan fingerprint density at radius 2 is 1.30 bits per heavy atom. The topological polar surface area (TPSA) is 57.5 Å². The van der Waals surface area contributed by atoms with Gasteiger partial charge in [0.1, 0.15) is 0 Å². The third kappa shape index (κ3) is 4.45. The molecular formula is C18H21NO4. The van der Waals surface area contributed by atoms with Gasteiger partial charge in [-0.25, -0.2) is 0 Å². The summed E-state index contributed by atoms with van der Waals surface area (Å²) in [4.78, 5) is 23.6. The highest BCUT2D eigenvalue weighted by Crippen LogP contribution is 2.19. The van der Waals surface area contributed by atoms with Gasteiger partial charge in [0.2, 0.25) is 0 Å². The fourth-order valence-electron chi connectivity index (χ4n) is 2.43. The number of ether oxygens (including phenoxy) is 2. The smallest absolute Gasteiger partial charge is 0.311 e. The normalized spacial score (nSPS) is 10.3. The first-order chi connectivity index (χ1) is 11.2. The number of rotatable bonds is 7. The van der Waals surface area contributed by atoms with E-state index in [2.05, 4.69) is 0 Å². The second-order valence-corrected chi connectivity index (χ2v) is 4.95. The molecule has 0 aliphatic carbocycles. The first-order valence-electron chi connectivity index (χ1n) is 7.71. The van der Waals surface area contributed by atoms with Crippen LogP contribution >= 0.6 is 0 Å². The molecule has 0 N–H and O–H groups in total. The maximum absolute atomic E-state index is 11.8. The third-order valence-corrected chi connectivity index (χ3v) is 3.32. The Hall–Kier alpha value is -2.56. The SMILES string of the molecule is CCOC(=O)Cc1ccc(CC(=O)OCC)n1-c1ccccc1. The summed E-state index contributed by atoms with van der Waals surface area (Å²) in [6.07, 6.45) is 0.317. The lowest BCUT2D eigenvalue weighted by molar-refractivity contribution is -0.143. The molecule has 0 spiro atoms. The van der Waals surface area contributed by atoms with Gasteiger partial charge < -0.3 is 14.0 Å². The number of hydrogen-bond donors (Lipinski definition) is 0. The molecule has 0 radical (unpaired) electrons. The van der Waals surface area contributed by atoms with Crippen molar-refractivity contribution in [2.75, 3.05) is 13.2 Å². The highest BCUT2D eigenvalue weighted by Gasteiger charge is 2.16. The van der Waals surface area contributed by atoms with E-state index >= 15 is 0 Å². The van der Waals surface area contributed by atoms with Gasteiger partial charge in [-0.2, -0.15) is 0 Å². The Bertz CT molecular complexity index is 623. The number of hydrogen-bond acceptors (Lipinski definition) is 4. The third-order valence-electron chi connectivity index (χ3n) is 3.32. The van der Waals surface area contributed by atoms with Crippen molar-refractivity contribution in [3.8, 4) is 5.69 Å². The van der Waals surface area contributed by atoms with E-state index in [9.17, 15) is 9.59 Å². The van der Waals surface area contributed by atoms with Gasteiger partial charge in [0.05, 0.1) is 26.1 Å². The molecule has 0 amide bonds. The molecule has 2 aromatic rings. The van der Waals surface area contributed by atoms with Gasteiger partial charge in [-0.1, -0.05) is 18.2 Å². The van der Waals surface area contributed by atoms with Crippen LogP contribution in [0.5, 0.6) is 0 Å². The Labute approximate surface area is 135 Å². The second-order valence-electron chi connectivity index (χ2n) is 4.95. The van der Waals surface area contributed by atoms with Gasteiger partial charge in [0.15, 0.2) is 0 Å². The molecule has 0 saturated carbocycles. The zero-order valence-corrected chi connectivity index (χ0v) is 13.5. The van der Waals surface area contributed by atoms with Crippen LogP contribution in [0.1, 0.15) is 25.2 Å². The molecule has 5 nitrogen and oxygen atoms in total. The molecule has 1 aromatic heterocycles. The summed E-state index contributed by atoms with van der Waals surface area (Å²) >= 11 is 0. The maximum Gasteiger partial charge on any atom is 0.311 e. The zero-order chi connectivity index (χ0) is 16.7. The van der Waals surface area contributed by atoms with Gasteiger partial charge >= 0.3 is 11.9 Å². The van der Waals surface area contributed by atoms with E-state index in [4.69, 9.17) is 9.47 Å². The molecule has 122 valence electrons. The molecule has 1 heterocycles. The summed E-state index contributed by atoms with van der Waals surface area (Å²) in [6, 6.07) is 13.3. The molecule has 23 heavy (non-hydrogen) atoms. The van der Waals surface area contributed by atoms with Crippen LogP contribution in [0.4, 0.5) is 0 Å². The summed E-state index contributed by atoms with van der Waals surface area (Å²) in [5, 5.41) is 0. The monoisotopic (exact) mass is 315 g/mol. The molecule has 0 aliphatic heterocycles. The lowest BCUT2D eigenvalue weighted by Gasteiger charge is -2.13. The predicted molar refractivity (Wildman–Crippen MR) is 86.4 cm³/mol. The number of carbonyl (C=O) groups is 2. The Kier molecular flexibility index (Phi) is 5.97. The first-order valence-corrected chi connectivity index (χ1v) is 7.71. The minimum Gasteiger partial charge on any atom is -0.466 e. The second kappa shape index (κ2) is 8.17. The summed E-state index contributed by atoms with van der Waals surface area (Å²) in [5.74, 6) is -0.573. The maximum atomic E-state index is 11.8. The van der Waals surface area contributed by atoms with Crippen LogP contribution in [-0.2, 0) is 31.9 Å². The van der Waals surface area contributed by atoms with Gasteiger partial charge in [-0.3, -0.25) is 9.59 Å². The van der Waals surface area contributed by atoms with Crippen LogP contribution in [0.25, 0.3) is 5.69 Å². The lowest BCUT2D eigenvalue weighted by Crippen LogP contribution is -2.15. The van der Waals surface area contributed by atoms with Crippen LogP contribution in [0.15, 0.2) is 42.5 Å². The van der Waals surface area contributed by atoms with Crippen molar-refractivity contribution < 1.29 is 19.1 Å². The average molecular weight is 315 g/mol. The fraction of sp³-hybridized carbons (Fsp3) is 0.333. The standard InChI is InChI=1S/C18H21NO4/c1-3-22-17(20)12-15-10-11-16(13-18(21)23-4-2)19(15)14-8-6-5-7-9-14/h5-11H,3-4,12-13H2,1-2H3. The predicted octanol–water partition coefficient (Wildman–Crippen LogP) is 2.69. The van der Waals surface area contributed by atoms with Crippen LogP contribution in [0, 0.1) is 0 Å². The molecule has 0 unspecified atom stereocenters. The summed E-state index contributed by atoms with van der Waals surface area (Å²) in [7, 11) is 0. The number of aromatic nitrogens is 1. The fourth-order valence-corrected chi connectivity index (χ4v) is 2.43. The number of esters is 2. The van der Waals surface area contributed by atoms with Crippen LogP contribution in [0.3, 0.4) is 0 Å². The average Bonchev–Trinajstić information content (AvgIpc) is 2.90. The van der Waals surface area contributed by atoms with Crippen molar-refractivity contribution >= 4 is 11.9 Å². The van der Waals surface area contributed by atoms with Crippen molar-refractivity contribution in [3.05, 3.63) is 53.9 Å². The minimum absolute atomic E-state index is 0.158. The Balaban J connectivity index is 2.34. The number of carbonyl (C=O) groups excluding carboxylic acids is 2.